The Balaban J connectivity index is 3.03. The summed E-state index contributed by atoms with van der Waals surface area (Å²) < 4.78 is 38.4. The van der Waals surface area contributed by atoms with Gasteiger partial charge in [-0.25, -0.2) is 4.79 Å². The molecular weight excluding hydrogens is 337 g/mol. The molecule has 0 spiro atoms. The van der Waals surface area contributed by atoms with Gasteiger partial charge in [-0.1, -0.05) is 11.8 Å². The fourth-order valence-electron chi connectivity index (χ4n) is 1.81. The lowest BCUT2D eigenvalue weighted by Crippen LogP contribution is -2.20. The highest BCUT2D eigenvalue weighted by atomic mass is 32.2. The van der Waals surface area contributed by atoms with Gasteiger partial charge in [0.15, 0.2) is 5.12 Å². The van der Waals surface area contributed by atoms with Crippen molar-refractivity contribution >= 4 is 22.8 Å². The summed E-state index contributed by atoms with van der Waals surface area (Å²) in [5.74, 6) is -1.40. The van der Waals surface area contributed by atoms with E-state index in [1.54, 1.807) is 0 Å². The molecule has 5 nitrogen and oxygen atoms in total. The van der Waals surface area contributed by atoms with Crippen molar-refractivity contribution in [2.45, 2.75) is 31.7 Å². The Morgan fingerprint density at radius 1 is 1.22 bits per heavy atom. The number of thioether (sulfide) groups is 1. The molecule has 1 rings (SSSR count). The number of aliphatic hydroxyl groups excluding tert-OH is 2. The van der Waals surface area contributed by atoms with Gasteiger partial charge in [-0.05, 0) is 30.2 Å². The van der Waals surface area contributed by atoms with Crippen LogP contribution in [0.1, 0.15) is 40.9 Å². The summed E-state index contributed by atoms with van der Waals surface area (Å²) in [6, 6.07) is 1.93. The number of benzene rings is 1. The van der Waals surface area contributed by atoms with Crippen molar-refractivity contribution in [2.24, 2.45) is 0 Å². The second kappa shape index (κ2) is 7.80. The lowest BCUT2D eigenvalue weighted by molar-refractivity contribution is -0.137. The summed E-state index contributed by atoms with van der Waals surface area (Å²) in [5.41, 5.74) is -2.21. The molecule has 0 aliphatic carbocycles. The van der Waals surface area contributed by atoms with Crippen molar-refractivity contribution in [1.82, 2.24) is 0 Å². The third kappa shape index (κ3) is 5.85. The Morgan fingerprint density at radius 3 is 2.30 bits per heavy atom. The maximum Gasteiger partial charge on any atom is 0.416 e. The summed E-state index contributed by atoms with van der Waals surface area (Å²) in [6.45, 7) is 1.32. The third-order valence-corrected chi connectivity index (χ3v) is 3.80. The molecule has 0 aromatic heterocycles. The van der Waals surface area contributed by atoms with Crippen LogP contribution in [-0.4, -0.2) is 38.3 Å². The van der Waals surface area contributed by atoms with E-state index in [9.17, 15) is 33.0 Å². The first-order valence-electron chi connectivity index (χ1n) is 6.47. The van der Waals surface area contributed by atoms with E-state index < -0.39 is 35.5 Å². The van der Waals surface area contributed by atoms with Crippen LogP contribution < -0.4 is 0 Å². The first-order chi connectivity index (χ1) is 10.5. The second-order valence-corrected chi connectivity index (χ2v) is 6.06. The minimum Gasteiger partial charge on any atom is -0.478 e. The first-order valence-corrected chi connectivity index (χ1v) is 7.46. The zero-order valence-electron chi connectivity index (χ0n) is 12.0. The van der Waals surface area contributed by atoms with Gasteiger partial charge < -0.3 is 15.3 Å². The van der Waals surface area contributed by atoms with Gasteiger partial charge in [0.25, 0.3) is 0 Å². The normalized spacial score (nSPS) is 14.3. The molecule has 0 aliphatic rings. The number of aliphatic hydroxyl groups is 2. The molecule has 0 bridgehead atoms. The molecule has 3 N–H and O–H groups in total. The molecule has 9 heteroatoms. The number of rotatable bonds is 6. The maximum atomic E-state index is 12.8. The van der Waals surface area contributed by atoms with E-state index in [1.807, 2.05) is 0 Å². The van der Waals surface area contributed by atoms with Crippen LogP contribution >= 0.6 is 11.8 Å². The maximum absolute atomic E-state index is 12.8. The van der Waals surface area contributed by atoms with Crippen LogP contribution in [0.2, 0.25) is 0 Å². The average molecular weight is 352 g/mol. The van der Waals surface area contributed by atoms with Crippen molar-refractivity contribution in [3.63, 3.8) is 0 Å². The minimum atomic E-state index is -4.78. The van der Waals surface area contributed by atoms with Gasteiger partial charge in [-0.2, -0.15) is 13.2 Å². The molecular formula is C14H15F3O5S. The molecule has 0 aliphatic heterocycles. The number of halogens is 3. The van der Waals surface area contributed by atoms with Crippen LogP contribution in [0, 0.1) is 0 Å². The number of hydrogen-bond acceptors (Lipinski definition) is 5. The highest BCUT2D eigenvalue weighted by Gasteiger charge is 2.33. The molecule has 0 radical (unpaired) electrons. The standard InChI is InChI=1S/C14H15F3O5S/c1-7(18)23-3-2-11(19)12(20)8-4-9(13(21)22)6-10(5-8)14(15,16)17/h4-6,11-12,19-20H,2-3H2,1H3,(H,21,22). The lowest BCUT2D eigenvalue weighted by Gasteiger charge is -2.19. The molecule has 128 valence electrons. The summed E-state index contributed by atoms with van der Waals surface area (Å²) in [4.78, 5) is 21.7. The van der Waals surface area contributed by atoms with Crippen LogP contribution in [0.3, 0.4) is 0 Å². The summed E-state index contributed by atoms with van der Waals surface area (Å²) in [5, 5.41) is 28.4. The van der Waals surface area contributed by atoms with Crippen molar-refractivity contribution in [3.8, 4) is 0 Å². The van der Waals surface area contributed by atoms with E-state index >= 15 is 0 Å². The van der Waals surface area contributed by atoms with E-state index in [4.69, 9.17) is 5.11 Å². The van der Waals surface area contributed by atoms with Crippen LogP contribution in [0.5, 0.6) is 0 Å². The third-order valence-electron chi connectivity index (χ3n) is 2.95. The zero-order chi connectivity index (χ0) is 17.8. The van der Waals surface area contributed by atoms with Crippen LogP contribution in [0.25, 0.3) is 0 Å². The minimum absolute atomic E-state index is 0.0376. The molecule has 1 aromatic rings. The molecule has 23 heavy (non-hydrogen) atoms. The quantitative estimate of drug-likeness (QED) is 0.728. The van der Waals surface area contributed by atoms with Gasteiger partial charge in [-0.15, -0.1) is 0 Å². The number of carboxylic acid groups (broad SMARTS) is 1. The van der Waals surface area contributed by atoms with Gasteiger partial charge in [0.05, 0.1) is 17.2 Å². The van der Waals surface area contributed by atoms with Crippen molar-refractivity contribution < 1.29 is 38.1 Å². The molecule has 0 saturated carbocycles. The Kier molecular flexibility index (Phi) is 6.60. The molecule has 0 amide bonds. The number of aromatic carboxylic acids is 1. The van der Waals surface area contributed by atoms with Gasteiger partial charge in [0.1, 0.15) is 6.10 Å². The van der Waals surface area contributed by atoms with Crippen molar-refractivity contribution in [1.29, 1.82) is 0 Å². The van der Waals surface area contributed by atoms with Gasteiger partial charge in [-0.3, -0.25) is 4.79 Å². The van der Waals surface area contributed by atoms with Gasteiger partial charge in [0, 0.05) is 12.7 Å². The predicted octanol–water partition coefficient (Wildman–Crippen LogP) is 2.47. The molecule has 0 saturated heterocycles. The van der Waals surface area contributed by atoms with E-state index in [1.165, 1.54) is 6.92 Å². The highest BCUT2D eigenvalue weighted by molar-refractivity contribution is 8.13. The molecule has 1 aromatic carbocycles. The summed E-state index contributed by atoms with van der Waals surface area (Å²) >= 11 is 0.904. The summed E-state index contributed by atoms with van der Waals surface area (Å²) in [6.07, 6.45) is -7.94. The monoisotopic (exact) mass is 352 g/mol. The Morgan fingerprint density at radius 2 is 1.83 bits per heavy atom. The number of alkyl halides is 3. The molecule has 0 fully saturated rings. The van der Waals surface area contributed by atoms with Crippen LogP contribution in [0.4, 0.5) is 13.2 Å². The topological polar surface area (TPSA) is 94.8 Å². The van der Waals surface area contributed by atoms with E-state index in [-0.39, 0.29) is 22.9 Å². The number of carbonyl (C=O) groups is 2. The lowest BCUT2D eigenvalue weighted by atomic mass is 9.97. The highest BCUT2D eigenvalue weighted by Crippen LogP contribution is 2.33. The molecule has 2 unspecified atom stereocenters. The van der Waals surface area contributed by atoms with Gasteiger partial charge in [0.2, 0.25) is 0 Å². The van der Waals surface area contributed by atoms with E-state index in [0.717, 1.165) is 17.8 Å². The average Bonchev–Trinajstić information content (AvgIpc) is 2.44. The first kappa shape index (κ1) is 19.5. The summed E-state index contributed by atoms with van der Waals surface area (Å²) in [7, 11) is 0. The van der Waals surface area contributed by atoms with Crippen LogP contribution in [0.15, 0.2) is 18.2 Å². The smallest absolute Gasteiger partial charge is 0.416 e. The SMILES string of the molecule is CC(=O)SCCC(O)C(O)c1cc(C(=O)O)cc(C(F)(F)F)c1. The van der Waals surface area contributed by atoms with Crippen molar-refractivity contribution in [3.05, 3.63) is 34.9 Å². The predicted molar refractivity (Wildman–Crippen MR) is 77.1 cm³/mol. The Hall–Kier alpha value is -1.58. The fourth-order valence-corrected chi connectivity index (χ4v) is 2.46. The second-order valence-electron chi connectivity index (χ2n) is 4.79. The number of carbonyl (C=O) groups excluding carboxylic acids is 1. The number of hydrogen-bond donors (Lipinski definition) is 3. The van der Waals surface area contributed by atoms with Crippen molar-refractivity contribution in [2.75, 3.05) is 5.75 Å². The van der Waals surface area contributed by atoms with Crippen LogP contribution in [-0.2, 0) is 11.0 Å². The van der Waals surface area contributed by atoms with E-state index in [2.05, 4.69) is 0 Å². The largest absolute Gasteiger partial charge is 0.478 e. The fraction of sp³-hybridized carbons (Fsp3) is 0.429. The molecule has 0 heterocycles. The Labute approximate surface area is 134 Å². The molecule has 2 atom stereocenters. The number of carboxylic acids is 1. The zero-order valence-corrected chi connectivity index (χ0v) is 12.8. The van der Waals surface area contributed by atoms with E-state index in [0.29, 0.717) is 12.1 Å². The van der Waals surface area contributed by atoms with Gasteiger partial charge >= 0.3 is 12.1 Å². The Bertz CT molecular complexity index is 588.